The monoisotopic (exact) mass is 586 g/mol. The Morgan fingerprint density at radius 2 is 1.63 bits per heavy atom. The Bertz CT molecular complexity index is 1810. The number of carbonyl (C=O) groups excluding carboxylic acids is 2. The van der Waals surface area contributed by atoms with Crippen molar-refractivity contribution in [1.29, 1.82) is 0 Å². The molecule has 0 bridgehead atoms. The lowest BCUT2D eigenvalue weighted by Gasteiger charge is -2.24. The second-order valence-corrected chi connectivity index (χ2v) is 12.2. The molecule has 0 fully saturated rings. The summed E-state index contributed by atoms with van der Waals surface area (Å²) in [6, 6.07) is 32.3. The molecule has 1 aliphatic rings. The van der Waals surface area contributed by atoms with Gasteiger partial charge in [0.05, 0.1) is 22.4 Å². The van der Waals surface area contributed by atoms with Crippen LogP contribution in [-0.4, -0.2) is 33.9 Å². The first-order valence-corrected chi connectivity index (χ1v) is 15.4. The van der Waals surface area contributed by atoms with E-state index in [0.29, 0.717) is 11.5 Å². The molecule has 6 nitrogen and oxygen atoms in total. The molecule has 216 valence electrons. The maximum atomic E-state index is 14.0. The lowest BCUT2D eigenvalue weighted by molar-refractivity contribution is -0.120. The number of aromatic nitrogens is 2. The zero-order chi connectivity index (χ0) is 30.1. The third kappa shape index (κ3) is 5.73. The summed E-state index contributed by atoms with van der Waals surface area (Å²) in [5, 5.41) is 8.06. The van der Waals surface area contributed by atoms with Gasteiger partial charge < -0.3 is 5.32 Å². The smallest absolute Gasteiger partial charge is 0.244 e. The van der Waals surface area contributed by atoms with E-state index in [1.165, 1.54) is 0 Å². The van der Waals surface area contributed by atoms with Crippen LogP contribution in [0.1, 0.15) is 38.6 Å². The summed E-state index contributed by atoms with van der Waals surface area (Å²) >= 11 is 1.58. The standard InChI is InChI=1S/C36H34N4O2S/c1-23-16-18-29(19-17-23)37-31(41)21-39-32(42)22-43-35(28-14-8-10-24(2)20-28)33-34(27-12-6-5-7-13-27)38-40(36(33)39)30-15-9-11-25(3)26(30)4/h5-20,35H,21-22H2,1-4H3,(H,37,41). The van der Waals surface area contributed by atoms with Gasteiger partial charge >= 0.3 is 0 Å². The third-order valence-corrected chi connectivity index (χ3v) is 9.18. The van der Waals surface area contributed by atoms with Crippen LogP contribution < -0.4 is 10.2 Å². The van der Waals surface area contributed by atoms with Crippen LogP contribution in [0, 0.1) is 27.7 Å². The molecule has 0 saturated heterocycles. The number of amides is 2. The van der Waals surface area contributed by atoms with E-state index in [0.717, 1.165) is 50.3 Å². The number of aryl methyl sites for hydroxylation is 3. The van der Waals surface area contributed by atoms with Crippen molar-refractivity contribution in [3.05, 3.63) is 130 Å². The molecule has 7 heteroatoms. The predicted octanol–water partition coefficient (Wildman–Crippen LogP) is 7.58. The minimum atomic E-state index is -0.267. The van der Waals surface area contributed by atoms with Gasteiger partial charge in [-0.05, 0) is 62.6 Å². The van der Waals surface area contributed by atoms with Crippen LogP contribution in [0.25, 0.3) is 16.9 Å². The number of nitrogens with zero attached hydrogens (tertiary/aromatic N) is 3. The van der Waals surface area contributed by atoms with E-state index < -0.39 is 0 Å². The fourth-order valence-electron chi connectivity index (χ4n) is 5.54. The molecule has 2 heterocycles. The maximum absolute atomic E-state index is 14.0. The number of anilines is 2. The fourth-order valence-corrected chi connectivity index (χ4v) is 6.73. The summed E-state index contributed by atoms with van der Waals surface area (Å²) in [5.41, 5.74) is 9.79. The van der Waals surface area contributed by atoms with E-state index in [4.69, 9.17) is 5.10 Å². The van der Waals surface area contributed by atoms with E-state index in [1.54, 1.807) is 16.7 Å². The molecular weight excluding hydrogens is 552 g/mol. The van der Waals surface area contributed by atoms with E-state index in [1.807, 2.05) is 66.2 Å². The molecule has 1 unspecified atom stereocenters. The summed E-state index contributed by atoms with van der Waals surface area (Å²) in [4.78, 5) is 29.2. The number of hydrogen-bond acceptors (Lipinski definition) is 4. The highest BCUT2D eigenvalue weighted by Crippen LogP contribution is 2.48. The van der Waals surface area contributed by atoms with Crippen LogP contribution in [0.15, 0.2) is 97.1 Å². The largest absolute Gasteiger partial charge is 0.325 e. The Kier molecular flexibility index (Phi) is 7.91. The van der Waals surface area contributed by atoms with Crippen LogP contribution in [0.2, 0.25) is 0 Å². The van der Waals surface area contributed by atoms with Crippen molar-refractivity contribution in [2.75, 3.05) is 22.5 Å². The zero-order valence-corrected chi connectivity index (χ0v) is 25.6. The molecule has 1 aromatic heterocycles. The minimum Gasteiger partial charge on any atom is -0.325 e. The number of fused-ring (bicyclic) bond motifs is 1. The molecule has 0 saturated carbocycles. The van der Waals surface area contributed by atoms with Crippen molar-refractivity contribution in [3.8, 4) is 16.9 Å². The summed E-state index contributed by atoms with van der Waals surface area (Å²) in [7, 11) is 0. The van der Waals surface area contributed by atoms with Gasteiger partial charge in [-0.3, -0.25) is 14.5 Å². The van der Waals surface area contributed by atoms with Gasteiger partial charge in [0.2, 0.25) is 11.8 Å². The van der Waals surface area contributed by atoms with Crippen LogP contribution in [0.4, 0.5) is 11.5 Å². The Hall–Kier alpha value is -4.62. The van der Waals surface area contributed by atoms with Crippen molar-refractivity contribution < 1.29 is 9.59 Å². The van der Waals surface area contributed by atoms with Crippen LogP contribution in [0.3, 0.4) is 0 Å². The lowest BCUT2D eigenvalue weighted by atomic mass is 9.98. The Balaban J connectivity index is 1.58. The molecule has 6 rings (SSSR count). The van der Waals surface area contributed by atoms with E-state index in [2.05, 4.69) is 68.6 Å². The predicted molar refractivity (Wildman–Crippen MR) is 176 cm³/mol. The SMILES string of the molecule is Cc1ccc(NC(=O)CN2C(=O)CSC(c3cccc(C)c3)c3c(-c4ccccc4)nn(-c4cccc(C)c4C)c32)cc1. The molecule has 0 radical (unpaired) electrons. The van der Waals surface area contributed by atoms with Gasteiger partial charge in [-0.2, -0.15) is 5.10 Å². The summed E-state index contributed by atoms with van der Waals surface area (Å²) < 4.78 is 1.88. The quantitative estimate of drug-likeness (QED) is 0.223. The molecule has 2 amide bonds. The van der Waals surface area contributed by atoms with Gasteiger partial charge in [0.1, 0.15) is 12.4 Å². The summed E-state index contributed by atoms with van der Waals surface area (Å²) in [6.07, 6.45) is 0. The van der Waals surface area contributed by atoms with Crippen molar-refractivity contribution in [2.24, 2.45) is 0 Å². The first kappa shape index (κ1) is 28.5. The molecule has 0 spiro atoms. The molecular formula is C36H34N4O2S. The van der Waals surface area contributed by atoms with Crippen LogP contribution in [0.5, 0.6) is 0 Å². The van der Waals surface area contributed by atoms with Crippen molar-refractivity contribution in [3.63, 3.8) is 0 Å². The second kappa shape index (κ2) is 11.9. The van der Waals surface area contributed by atoms with Gasteiger partial charge in [0, 0.05) is 16.8 Å². The van der Waals surface area contributed by atoms with Crippen molar-refractivity contribution in [2.45, 2.75) is 32.9 Å². The summed E-state index contributed by atoms with van der Waals surface area (Å²) in [5.74, 6) is 0.461. The first-order chi connectivity index (χ1) is 20.8. The molecule has 4 aromatic carbocycles. The minimum absolute atomic E-state index is 0.133. The second-order valence-electron chi connectivity index (χ2n) is 11.1. The fraction of sp³-hybridized carbons (Fsp3) is 0.194. The number of carbonyl (C=O) groups is 2. The van der Waals surface area contributed by atoms with Gasteiger partial charge in [-0.25, -0.2) is 4.68 Å². The van der Waals surface area contributed by atoms with Gasteiger partial charge in [-0.1, -0.05) is 90.0 Å². The Labute approximate surface area is 256 Å². The molecule has 1 atom stereocenters. The van der Waals surface area contributed by atoms with Gasteiger partial charge in [-0.15, -0.1) is 11.8 Å². The van der Waals surface area contributed by atoms with E-state index in [-0.39, 0.29) is 29.4 Å². The Morgan fingerprint density at radius 3 is 2.37 bits per heavy atom. The summed E-state index contributed by atoms with van der Waals surface area (Å²) in [6.45, 7) is 8.09. The number of nitrogens with one attached hydrogen (secondary N) is 1. The topological polar surface area (TPSA) is 67.2 Å². The number of rotatable bonds is 6. The number of thioether (sulfide) groups is 1. The highest BCUT2D eigenvalue weighted by atomic mass is 32.2. The normalized spacial score (nSPS) is 14.7. The molecule has 5 aromatic rings. The highest BCUT2D eigenvalue weighted by Gasteiger charge is 2.38. The molecule has 43 heavy (non-hydrogen) atoms. The Morgan fingerprint density at radius 1 is 0.884 bits per heavy atom. The molecule has 0 aliphatic carbocycles. The lowest BCUT2D eigenvalue weighted by Crippen LogP contribution is -2.40. The van der Waals surface area contributed by atoms with Crippen LogP contribution in [-0.2, 0) is 9.59 Å². The van der Waals surface area contributed by atoms with Crippen LogP contribution >= 0.6 is 11.8 Å². The average Bonchev–Trinajstić information content (AvgIpc) is 3.32. The molecule has 1 N–H and O–H groups in total. The number of hydrogen-bond donors (Lipinski definition) is 1. The van der Waals surface area contributed by atoms with E-state index >= 15 is 0 Å². The van der Waals surface area contributed by atoms with Gasteiger partial charge in [0.15, 0.2) is 0 Å². The first-order valence-electron chi connectivity index (χ1n) is 14.4. The van der Waals surface area contributed by atoms with Gasteiger partial charge in [0.25, 0.3) is 0 Å². The highest BCUT2D eigenvalue weighted by molar-refractivity contribution is 8.00. The zero-order valence-electron chi connectivity index (χ0n) is 24.8. The van der Waals surface area contributed by atoms with E-state index in [9.17, 15) is 9.59 Å². The molecule has 1 aliphatic heterocycles. The van der Waals surface area contributed by atoms with Crippen molar-refractivity contribution >= 4 is 35.1 Å². The number of benzene rings is 4. The maximum Gasteiger partial charge on any atom is 0.244 e. The van der Waals surface area contributed by atoms with Crippen molar-refractivity contribution in [1.82, 2.24) is 9.78 Å². The third-order valence-electron chi connectivity index (χ3n) is 7.92. The average molecular weight is 587 g/mol.